The zero-order chi connectivity index (χ0) is 14.3. The molecule has 0 bridgehead atoms. The minimum atomic E-state index is -1.20. The molecule has 0 aliphatic carbocycles. The lowest BCUT2D eigenvalue weighted by Crippen LogP contribution is -2.11. The number of nitrogens with one attached hydrogen (secondary N) is 1. The number of hydrogen-bond donors (Lipinski definition) is 2. The topological polar surface area (TPSA) is 102 Å². The molecule has 1 rings (SSSR count). The van der Waals surface area contributed by atoms with Crippen LogP contribution in [0.5, 0.6) is 0 Å². The SMILES string of the molecule is CCOCCCNc1c(C(=O)O)cccc1[N+](=O)[O-]. The van der Waals surface area contributed by atoms with Gasteiger partial charge in [0.05, 0.1) is 10.5 Å². The van der Waals surface area contributed by atoms with Gasteiger partial charge in [-0.15, -0.1) is 0 Å². The maximum absolute atomic E-state index is 11.0. The van der Waals surface area contributed by atoms with Gasteiger partial charge in [0.2, 0.25) is 0 Å². The fraction of sp³-hybridized carbons (Fsp3) is 0.417. The van der Waals surface area contributed by atoms with Crippen LogP contribution in [0.15, 0.2) is 18.2 Å². The van der Waals surface area contributed by atoms with Gasteiger partial charge in [0.1, 0.15) is 5.69 Å². The third-order valence-electron chi connectivity index (χ3n) is 2.44. The Hall–Kier alpha value is -2.15. The van der Waals surface area contributed by atoms with Gasteiger partial charge < -0.3 is 15.2 Å². The Morgan fingerprint density at radius 1 is 1.53 bits per heavy atom. The number of nitrogens with zero attached hydrogens (tertiary/aromatic N) is 1. The van der Waals surface area contributed by atoms with Crippen LogP contribution in [0, 0.1) is 10.1 Å². The number of carboxylic acid groups (broad SMARTS) is 1. The Balaban J connectivity index is 2.83. The van der Waals surface area contributed by atoms with Crippen molar-refractivity contribution >= 4 is 17.3 Å². The van der Waals surface area contributed by atoms with E-state index in [0.29, 0.717) is 26.2 Å². The number of rotatable bonds is 8. The number of benzene rings is 1. The summed E-state index contributed by atoms with van der Waals surface area (Å²) in [5, 5.41) is 22.7. The summed E-state index contributed by atoms with van der Waals surface area (Å²) >= 11 is 0. The average molecular weight is 268 g/mol. The number of nitro groups is 1. The fourth-order valence-electron chi connectivity index (χ4n) is 1.59. The number of aromatic carboxylic acids is 1. The highest BCUT2D eigenvalue weighted by molar-refractivity contribution is 5.96. The quantitative estimate of drug-likeness (QED) is 0.425. The minimum Gasteiger partial charge on any atom is -0.478 e. The Morgan fingerprint density at radius 3 is 2.84 bits per heavy atom. The summed E-state index contributed by atoms with van der Waals surface area (Å²) in [6.07, 6.45) is 0.638. The Kier molecular flexibility index (Phi) is 5.74. The number of anilines is 1. The van der Waals surface area contributed by atoms with E-state index >= 15 is 0 Å². The molecule has 0 aliphatic heterocycles. The zero-order valence-corrected chi connectivity index (χ0v) is 10.6. The highest BCUT2D eigenvalue weighted by Crippen LogP contribution is 2.28. The van der Waals surface area contributed by atoms with Crippen molar-refractivity contribution in [3.8, 4) is 0 Å². The number of nitro benzene ring substituents is 1. The molecule has 0 heterocycles. The maximum Gasteiger partial charge on any atom is 0.338 e. The van der Waals surface area contributed by atoms with E-state index < -0.39 is 10.9 Å². The zero-order valence-electron chi connectivity index (χ0n) is 10.6. The summed E-state index contributed by atoms with van der Waals surface area (Å²) in [6.45, 7) is 3.40. The summed E-state index contributed by atoms with van der Waals surface area (Å²) in [4.78, 5) is 21.3. The van der Waals surface area contributed by atoms with Crippen LogP contribution in [-0.4, -0.2) is 35.8 Å². The standard InChI is InChI=1S/C12H16N2O5/c1-2-19-8-4-7-13-11-9(12(15)16)5-3-6-10(11)14(17)18/h3,5-6,13H,2,4,7-8H2,1H3,(H,15,16). The van der Waals surface area contributed by atoms with Crippen LogP contribution in [0.4, 0.5) is 11.4 Å². The number of ether oxygens (including phenoxy) is 1. The van der Waals surface area contributed by atoms with Crippen molar-refractivity contribution in [2.75, 3.05) is 25.1 Å². The average Bonchev–Trinajstić information content (AvgIpc) is 2.38. The van der Waals surface area contributed by atoms with Gasteiger partial charge in [0, 0.05) is 25.8 Å². The van der Waals surface area contributed by atoms with E-state index in [1.807, 2.05) is 6.92 Å². The lowest BCUT2D eigenvalue weighted by atomic mass is 10.1. The molecule has 0 amide bonds. The van der Waals surface area contributed by atoms with Crippen molar-refractivity contribution in [3.05, 3.63) is 33.9 Å². The van der Waals surface area contributed by atoms with Crippen LogP contribution in [0.3, 0.4) is 0 Å². The van der Waals surface area contributed by atoms with E-state index in [4.69, 9.17) is 9.84 Å². The molecular formula is C12H16N2O5. The van der Waals surface area contributed by atoms with Gasteiger partial charge in [0.25, 0.3) is 5.69 Å². The first-order chi connectivity index (χ1) is 9.07. The lowest BCUT2D eigenvalue weighted by Gasteiger charge is -2.09. The molecule has 104 valence electrons. The molecule has 0 fully saturated rings. The van der Waals surface area contributed by atoms with Gasteiger partial charge >= 0.3 is 5.97 Å². The van der Waals surface area contributed by atoms with Crippen LogP contribution in [0.25, 0.3) is 0 Å². The largest absolute Gasteiger partial charge is 0.478 e. The highest BCUT2D eigenvalue weighted by Gasteiger charge is 2.20. The maximum atomic E-state index is 11.0. The highest BCUT2D eigenvalue weighted by atomic mass is 16.6. The summed E-state index contributed by atoms with van der Waals surface area (Å²) in [7, 11) is 0. The van der Waals surface area contributed by atoms with Crippen LogP contribution >= 0.6 is 0 Å². The van der Waals surface area contributed by atoms with Crippen molar-refractivity contribution in [2.45, 2.75) is 13.3 Å². The first kappa shape index (κ1) is 14.9. The molecule has 19 heavy (non-hydrogen) atoms. The van der Waals surface area contributed by atoms with Gasteiger partial charge in [-0.3, -0.25) is 10.1 Å². The molecule has 0 radical (unpaired) electrons. The first-order valence-corrected chi connectivity index (χ1v) is 5.90. The number of hydrogen-bond acceptors (Lipinski definition) is 5. The van der Waals surface area contributed by atoms with Crippen LogP contribution in [-0.2, 0) is 4.74 Å². The smallest absolute Gasteiger partial charge is 0.338 e. The third kappa shape index (κ3) is 4.22. The molecule has 0 saturated carbocycles. The molecule has 0 spiro atoms. The second-order valence-corrected chi connectivity index (χ2v) is 3.74. The monoisotopic (exact) mass is 268 g/mol. The first-order valence-electron chi connectivity index (χ1n) is 5.90. The molecule has 7 heteroatoms. The van der Waals surface area contributed by atoms with E-state index in [1.165, 1.54) is 18.2 Å². The second kappa shape index (κ2) is 7.32. The Morgan fingerprint density at radius 2 is 2.26 bits per heavy atom. The predicted octanol–water partition coefficient (Wildman–Crippen LogP) is 2.13. The van der Waals surface area contributed by atoms with Gasteiger partial charge in [-0.1, -0.05) is 6.07 Å². The number of para-hydroxylation sites is 1. The van der Waals surface area contributed by atoms with Crippen molar-refractivity contribution in [1.82, 2.24) is 0 Å². The predicted molar refractivity (Wildman–Crippen MR) is 69.7 cm³/mol. The molecule has 0 unspecified atom stereocenters. The van der Waals surface area contributed by atoms with Crippen molar-refractivity contribution in [2.24, 2.45) is 0 Å². The van der Waals surface area contributed by atoms with E-state index in [9.17, 15) is 14.9 Å². The fourth-order valence-corrected chi connectivity index (χ4v) is 1.59. The van der Waals surface area contributed by atoms with Gasteiger partial charge in [0.15, 0.2) is 0 Å². The van der Waals surface area contributed by atoms with Crippen molar-refractivity contribution in [1.29, 1.82) is 0 Å². The van der Waals surface area contributed by atoms with E-state index in [0.717, 1.165) is 0 Å². The molecule has 0 aliphatic rings. The molecule has 0 saturated heterocycles. The molecule has 1 aromatic carbocycles. The van der Waals surface area contributed by atoms with Crippen LogP contribution in [0.1, 0.15) is 23.7 Å². The Labute approximate surface area is 110 Å². The summed E-state index contributed by atoms with van der Waals surface area (Å²) in [5.74, 6) is -1.20. The van der Waals surface area contributed by atoms with Crippen LogP contribution in [0.2, 0.25) is 0 Å². The molecular weight excluding hydrogens is 252 g/mol. The van der Waals surface area contributed by atoms with E-state index in [1.54, 1.807) is 0 Å². The van der Waals surface area contributed by atoms with Crippen molar-refractivity contribution in [3.63, 3.8) is 0 Å². The van der Waals surface area contributed by atoms with Crippen LogP contribution < -0.4 is 5.32 Å². The normalized spacial score (nSPS) is 10.2. The third-order valence-corrected chi connectivity index (χ3v) is 2.44. The van der Waals surface area contributed by atoms with Gasteiger partial charge in [-0.05, 0) is 19.4 Å². The molecule has 0 atom stereocenters. The number of carboxylic acids is 1. The minimum absolute atomic E-state index is 0.0384. The summed E-state index contributed by atoms with van der Waals surface area (Å²) in [5.41, 5.74) is -0.307. The molecule has 7 nitrogen and oxygen atoms in total. The van der Waals surface area contributed by atoms with E-state index in [2.05, 4.69) is 5.32 Å². The van der Waals surface area contributed by atoms with Gasteiger partial charge in [-0.25, -0.2) is 4.79 Å². The lowest BCUT2D eigenvalue weighted by molar-refractivity contribution is -0.384. The molecule has 0 aromatic heterocycles. The number of carbonyl (C=O) groups is 1. The van der Waals surface area contributed by atoms with Crippen molar-refractivity contribution < 1.29 is 19.6 Å². The summed E-state index contributed by atoms with van der Waals surface area (Å²) in [6, 6.07) is 3.96. The second-order valence-electron chi connectivity index (χ2n) is 3.74. The van der Waals surface area contributed by atoms with Gasteiger partial charge in [-0.2, -0.15) is 0 Å². The molecule has 1 aromatic rings. The summed E-state index contributed by atoms with van der Waals surface area (Å²) < 4.78 is 5.14. The molecule has 2 N–H and O–H groups in total. The van der Waals surface area contributed by atoms with E-state index in [-0.39, 0.29) is 16.9 Å². The Bertz CT molecular complexity index is 429.